The summed E-state index contributed by atoms with van der Waals surface area (Å²) in [4.78, 5) is 25.1. The lowest BCUT2D eigenvalue weighted by atomic mass is 9.99. The largest absolute Gasteiger partial charge is 0.444 e. The maximum absolute atomic E-state index is 12.9. The van der Waals surface area contributed by atoms with Gasteiger partial charge in [-0.1, -0.05) is 54.6 Å². The van der Waals surface area contributed by atoms with Gasteiger partial charge in [0.15, 0.2) is 0 Å². The van der Waals surface area contributed by atoms with Gasteiger partial charge in [0, 0.05) is 0 Å². The molecule has 0 saturated carbocycles. The number of benzene rings is 3. The third kappa shape index (κ3) is 5.13. The van der Waals surface area contributed by atoms with E-state index in [1.54, 1.807) is 45.0 Å². The van der Waals surface area contributed by atoms with E-state index in [0.29, 0.717) is 11.3 Å². The molecule has 5 nitrogen and oxygen atoms in total. The van der Waals surface area contributed by atoms with Crippen molar-refractivity contribution in [2.75, 3.05) is 5.32 Å². The van der Waals surface area contributed by atoms with Crippen LogP contribution < -0.4 is 10.6 Å². The number of rotatable bonds is 4. The molecule has 0 aliphatic rings. The monoisotopic (exact) mass is 390 g/mol. The molecule has 0 aliphatic heterocycles. The number of fused-ring (bicyclic) bond motifs is 1. The molecule has 0 aliphatic carbocycles. The molecule has 5 heteroatoms. The van der Waals surface area contributed by atoms with Gasteiger partial charge in [-0.05, 0) is 56.2 Å². The van der Waals surface area contributed by atoms with E-state index in [1.165, 1.54) is 0 Å². The van der Waals surface area contributed by atoms with E-state index in [2.05, 4.69) is 10.6 Å². The summed E-state index contributed by atoms with van der Waals surface area (Å²) in [6.07, 6.45) is -0.597. The molecule has 0 fully saturated rings. The standard InChI is InChI=1S/C24H26N2O3/c1-16(18-14-9-11-17-10-5-6-12-19(17)18)25-22(27)20-13-7-8-15-21(20)26-23(28)29-24(2,3)4/h5-16H,1-4H3,(H,25,27)(H,26,28)/t16-/m1/s1. The Morgan fingerprint density at radius 2 is 1.55 bits per heavy atom. The van der Waals surface area contributed by atoms with Crippen molar-refractivity contribution in [2.24, 2.45) is 0 Å². The molecule has 3 aromatic carbocycles. The van der Waals surface area contributed by atoms with Gasteiger partial charge in [0.2, 0.25) is 0 Å². The number of anilines is 1. The van der Waals surface area contributed by atoms with Crippen molar-refractivity contribution in [3.05, 3.63) is 77.9 Å². The Morgan fingerprint density at radius 3 is 2.31 bits per heavy atom. The smallest absolute Gasteiger partial charge is 0.412 e. The summed E-state index contributed by atoms with van der Waals surface area (Å²) in [6, 6.07) is 20.8. The molecule has 0 unspecified atom stereocenters. The summed E-state index contributed by atoms with van der Waals surface area (Å²) >= 11 is 0. The van der Waals surface area contributed by atoms with E-state index >= 15 is 0 Å². The van der Waals surface area contributed by atoms with Gasteiger partial charge in [-0.15, -0.1) is 0 Å². The van der Waals surface area contributed by atoms with E-state index < -0.39 is 11.7 Å². The highest BCUT2D eigenvalue weighted by Gasteiger charge is 2.20. The van der Waals surface area contributed by atoms with Crippen molar-refractivity contribution in [3.63, 3.8) is 0 Å². The van der Waals surface area contributed by atoms with Crippen molar-refractivity contribution in [1.29, 1.82) is 0 Å². The summed E-state index contributed by atoms with van der Waals surface area (Å²) < 4.78 is 5.29. The normalized spacial score (nSPS) is 12.3. The Bertz CT molecular complexity index is 1030. The number of carbonyl (C=O) groups excluding carboxylic acids is 2. The van der Waals surface area contributed by atoms with Crippen LogP contribution in [0.4, 0.5) is 10.5 Å². The number of nitrogens with one attached hydrogen (secondary N) is 2. The van der Waals surface area contributed by atoms with Crippen molar-refractivity contribution < 1.29 is 14.3 Å². The van der Waals surface area contributed by atoms with Crippen LogP contribution in [0.1, 0.15) is 49.7 Å². The molecule has 3 rings (SSSR count). The van der Waals surface area contributed by atoms with Crippen LogP contribution in [0.2, 0.25) is 0 Å². The number of hydrogen-bond acceptors (Lipinski definition) is 3. The Balaban J connectivity index is 1.80. The van der Waals surface area contributed by atoms with Crippen LogP contribution in [0.25, 0.3) is 10.8 Å². The molecular formula is C24H26N2O3. The van der Waals surface area contributed by atoms with Gasteiger partial charge in [-0.2, -0.15) is 0 Å². The molecule has 3 aromatic rings. The fraction of sp³-hybridized carbons (Fsp3) is 0.250. The minimum atomic E-state index is -0.621. The van der Waals surface area contributed by atoms with Gasteiger partial charge < -0.3 is 10.1 Å². The molecule has 0 bridgehead atoms. The number of amides is 2. The van der Waals surface area contributed by atoms with E-state index in [0.717, 1.165) is 16.3 Å². The Labute approximate surface area is 171 Å². The zero-order valence-corrected chi connectivity index (χ0v) is 17.2. The SMILES string of the molecule is C[C@@H](NC(=O)c1ccccc1NC(=O)OC(C)(C)C)c1cccc2ccccc12. The second-order valence-corrected chi connectivity index (χ2v) is 7.94. The van der Waals surface area contributed by atoms with Crippen LogP contribution in [0.3, 0.4) is 0 Å². The topological polar surface area (TPSA) is 67.4 Å². The van der Waals surface area contributed by atoms with Gasteiger partial charge >= 0.3 is 6.09 Å². The maximum atomic E-state index is 12.9. The first-order valence-corrected chi connectivity index (χ1v) is 9.62. The first-order valence-electron chi connectivity index (χ1n) is 9.62. The minimum Gasteiger partial charge on any atom is -0.444 e. The summed E-state index contributed by atoms with van der Waals surface area (Å²) in [5.74, 6) is -0.267. The van der Waals surface area contributed by atoms with Crippen LogP contribution in [-0.4, -0.2) is 17.6 Å². The molecule has 1 atom stereocenters. The van der Waals surface area contributed by atoms with Gasteiger partial charge in [-0.25, -0.2) is 4.79 Å². The van der Waals surface area contributed by atoms with Crippen molar-refractivity contribution in [2.45, 2.75) is 39.3 Å². The predicted molar refractivity (Wildman–Crippen MR) is 116 cm³/mol. The molecule has 0 saturated heterocycles. The molecular weight excluding hydrogens is 364 g/mol. The van der Waals surface area contributed by atoms with Crippen LogP contribution in [-0.2, 0) is 4.74 Å². The van der Waals surface area contributed by atoms with E-state index in [9.17, 15) is 9.59 Å². The second-order valence-electron chi connectivity index (χ2n) is 7.94. The summed E-state index contributed by atoms with van der Waals surface area (Å²) in [6.45, 7) is 7.31. The van der Waals surface area contributed by atoms with Crippen LogP contribution in [0.5, 0.6) is 0 Å². The van der Waals surface area contributed by atoms with Crippen molar-refractivity contribution >= 4 is 28.5 Å². The van der Waals surface area contributed by atoms with E-state index in [4.69, 9.17) is 4.74 Å². The molecule has 0 aromatic heterocycles. The summed E-state index contributed by atoms with van der Waals surface area (Å²) in [5.41, 5.74) is 1.20. The van der Waals surface area contributed by atoms with E-state index in [1.807, 2.05) is 49.4 Å². The van der Waals surface area contributed by atoms with Gasteiger partial charge in [0.1, 0.15) is 5.60 Å². The average molecular weight is 390 g/mol. The lowest BCUT2D eigenvalue weighted by Crippen LogP contribution is -2.30. The lowest BCUT2D eigenvalue weighted by molar-refractivity contribution is 0.0636. The van der Waals surface area contributed by atoms with Crippen LogP contribution in [0.15, 0.2) is 66.7 Å². The van der Waals surface area contributed by atoms with Crippen molar-refractivity contribution in [1.82, 2.24) is 5.32 Å². The molecule has 150 valence electrons. The molecule has 2 N–H and O–H groups in total. The Kier molecular flexibility index (Phi) is 5.87. The first-order chi connectivity index (χ1) is 13.7. The molecule has 0 spiro atoms. The number of para-hydroxylation sites is 1. The second kappa shape index (κ2) is 8.35. The quantitative estimate of drug-likeness (QED) is 0.602. The van der Waals surface area contributed by atoms with Crippen LogP contribution in [0, 0.1) is 0 Å². The first kappa shape index (κ1) is 20.4. The van der Waals surface area contributed by atoms with Crippen LogP contribution >= 0.6 is 0 Å². The fourth-order valence-electron chi connectivity index (χ4n) is 3.18. The third-order valence-corrected chi connectivity index (χ3v) is 4.44. The van der Waals surface area contributed by atoms with Crippen molar-refractivity contribution in [3.8, 4) is 0 Å². The minimum absolute atomic E-state index is 0.205. The predicted octanol–water partition coefficient (Wildman–Crippen LogP) is 5.68. The Morgan fingerprint density at radius 1 is 0.897 bits per heavy atom. The zero-order valence-electron chi connectivity index (χ0n) is 17.2. The fourth-order valence-corrected chi connectivity index (χ4v) is 3.18. The number of hydrogen-bond donors (Lipinski definition) is 2. The highest BCUT2D eigenvalue weighted by atomic mass is 16.6. The zero-order chi connectivity index (χ0) is 21.0. The van der Waals surface area contributed by atoms with E-state index in [-0.39, 0.29) is 11.9 Å². The number of ether oxygens (including phenoxy) is 1. The molecule has 29 heavy (non-hydrogen) atoms. The Hall–Kier alpha value is -3.34. The highest BCUT2D eigenvalue weighted by Crippen LogP contribution is 2.25. The maximum Gasteiger partial charge on any atom is 0.412 e. The van der Waals surface area contributed by atoms with Gasteiger partial charge in [0.05, 0.1) is 17.3 Å². The molecule has 0 radical (unpaired) electrons. The highest BCUT2D eigenvalue weighted by molar-refractivity contribution is 6.03. The average Bonchev–Trinajstić information content (AvgIpc) is 2.66. The third-order valence-electron chi connectivity index (χ3n) is 4.44. The molecule has 2 amide bonds. The molecule has 0 heterocycles. The van der Waals surface area contributed by atoms with Gasteiger partial charge in [-0.3, -0.25) is 10.1 Å². The number of carbonyl (C=O) groups is 2. The summed E-state index contributed by atoms with van der Waals surface area (Å²) in [7, 11) is 0. The van der Waals surface area contributed by atoms with Gasteiger partial charge in [0.25, 0.3) is 5.91 Å². The lowest BCUT2D eigenvalue weighted by Gasteiger charge is -2.21. The summed E-state index contributed by atoms with van der Waals surface area (Å²) in [5, 5.41) is 7.93.